The maximum absolute atomic E-state index is 9.06. The van der Waals surface area contributed by atoms with Gasteiger partial charge in [0.25, 0.3) is 0 Å². The van der Waals surface area contributed by atoms with Gasteiger partial charge in [0.2, 0.25) is 0 Å². The number of nitrogens with one attached hydrogen (secondary N) is 1. The third-order valence-electron chi connectivity index (χ3n) is 3.21. The summed E-state index contributed by atoms with van der Waals surface area (Å²) in [5, 5.41) is 13.3. The smallest absolute Gasteiger partial charge is 0.0946 e. The lowest BCUT2D eigenvalue weighted by Gasteiger charge is -2.23. The fourth-order valence-corrected chi connectivity index (χ4v) is 2.21. The van der Waals surface area contributed by atoms with E-state index in [1.807, 2.05) is 42.6 Å². The van der Waals surface area contributed by atoms with Crippen molar-refractivity contribution in [3.05, 3.63) is 70.8 Å². The van der Waals surface area contributed by atoms with Crippen molar-refractivity contribution in [3.8, 4) is 0 Å². The second kappa shape index (κ2) is 4.63. The minimum absolute atomic E-state index is 0.0765. The van der Waals surface area contributed by atoms with Crippen LogP contribution in [0.2, 0.25) is 0 Å². The van der Waals surface area contributed by atoms with Gasteiger partial charge in [-0.3, -0.25) is 5.43 Å². The second-order valence-corrected chi connectivity index (χ2v) is 4.35. The highest BCUT2D eigenvalue weighted by Crippen LogP contribution is 2.26. The predicted molar refractivity (Wildman–Crippen MR) is 71.4 cm³/mol. The summed E-state index contributed by atoms with van der Waals surface area (Å²) in [7, 11) is 0. The summed E-state index contributed by atoms with van der Waals surface area (Å²) >= 11 is 0. The molecule has 90 valence electrons. The van der Waals surface area contributed by atoms with Crippen LogP contribution in [0.1, 0.15) is 28.3 Å². The molecule has 3 rings (SSSR count). The van der Waals surface area contributed by atoms with Gasteiger partial charge >= 0.3 is 0 Å². The molecule has 1 heterocycles. The molecule has 2 aromatic carbocycles. The van der Waals surface area contributed by atoms with Crippen molar-refractivity contribution in [1.82, 2.24) is 5.43 Å². The molecule has 1 atom stereocenters. The average Bonchev–Trinajstić information content (AvgIpc) is 2.47. The number of hydrazone groups is 1. The molecule has 3 nitrogen and oxygen atoms in total. The molecule has 1 unspecified atom stereocenters. The predicted octanol–water partition coefficient (Wildman–Crippen LogP) is 2.21. The van der Waals surface area contributed by atoms with E-state index in [0.29, 0.717) is 0 Å². The molecule has 0 saturated heterocycles. The first-order chi connectivity index (χ1) is 8.88. The van der Waals surface area contributed by atoms with Crippen LogP contribution < -0.4 is 5.43 Å². The normalized spacial score (nSPS) is 17.1. The third-order valence-corrected chi connectivity index (χ3v) is 3.21. The molecule has 2 N–H and O–H groups in total. The molecule has 0 aromatic heterocycles. The van der Waals surface area contributed by atoms with E-state index in [0.717, 1.165) is 16.7 Å². The number of fused-ring (bicyclic) bond motifs is 1. The number of hydrogen-bond acceptors (Lipinski definition) is 3. The lowest BCUT2D eigenvalue weighted by Crippen LogP contribution is -2.22. The molecular formula is C15H14N2O. The highest BCUT2D eigenvalue weighted by Gasteiger charge is 2.18. The Balaban J connectivity index is 1.99. The van der Waals surface area contributed by atoms with Crippen LogP contribution in [0, 0.1) is 0 Å². The second-order valence-electron chi connectivity index (χ2n) is 4.35. The van der Waals surface area contributed by atoms with Gasteiger partial charge in [-0.25, -0.2) is 0 Å². The molecule has 2 aromatic rings. The fraction of sp³-hybridized carbons (Fsp3) is 0.133. The molecule has 1 aliphatic rings. The maximum atomic E-state index is 9.06. The third kappa shape index (κ3) is 1.89. The van der Waals surface area contributed by atoms with Gasteiger partial charge in [-0.1, -0.05) is 48.5 Å². The van der Waals surface area contributed by atoms with Crippen LogP contribution in [0.15, 0.2) is 53.6 Å². The minimum Gasteiger partial charge on any atom is -0.392 e. The van der Waals surface area contributed by atoms with Crippen molar-refractivity contribution in [3.63, 3.8) is 0 Å². The van der Waals surface area contributed by atoms with Crippen LogP contribution in [-0.2, 0) is 6.61 Å². The Morgan fingerprint density at radius 3 is 2.61 bits per heavy atom. The van der Waals surface area contributed by atoms with E-state index in [2.05, 4.69) is 22.7 Å². The highest BCUT2D eigenvalue weighted by atomic mass is 16.3. The van der Waals surface area contributed by atoms with E-state index in [-0.39, 0.29) is 12.6 Å². The van der Waals surface area contributed by atoms with Crippen molar-refractivity contribution in [1.29, 1.82) is 0 Å². The molecule has 0 saturated carbocycles. The standard InChI is InChI=1S/C15H14N2O/c18-10-11-5-7-12(8-6-11)15-14-4-2-1-3-13(14)9-16-17-15/h1-9,15,17-18H,10H2. The number of aliphatic hydroxyl groups excluding tert-OH is 1. The van der Waals surface area contributed by atoms with E-state index in [1.165, 1.54) is 5.56 Å². The van der Waals surface area contributed by atoms with Crippen LogP contribution in [-0.4, -0.2) is 11.3 Å². The van der Waals surface area contributed by atoms with Gasteiger partial charge < -0.3 is 5.11 Å². The van der Waals surface area contributed by atoms with Gasteiger partial charge in [0.15, 0.2) is 0 Å². The van der Waals surface area contributed by atoms with Gasteiger partial charge in [0.1, 0.15) is 0 Å². The molecule has 0 aliphatic carbocycles. The van der Waals surface area contributed by atoms with E-state index in [9.17, 15) is 0 Å². The monoisotopic (exact) mass is 238 g/mol. The highest BCUT2D eigenvalue weighted by molar-refractivity contribution is 5.83. The summed E-state index contributed by atoms with van der Waals surface area (Å²) in [6, 6.07) is 16.3. The lowest BCUT2D eigenvalue weighted by atomic mass is 9.94. The summed E-state index contributed by atoms with van der Waals surface area (Å²) in [5.41, 5.74) is 7.58. The van der Waals surface area contributed by atoms with E-state index >= 15 is 0 Å². The Kier molecular flexibility index (Phi) is 2.82. The molecule has 3 heteroatoms. The Morgan fingerprint density at radius 2 is 1.83 bits per heavy atom. The quantitative estimate of drug-likeness (QED) is 0.842. The Hall–Kier alpha value is -2.13. The molecule has 18 heavy (non-hydrogen) atoms. The first-order valence-electron chi connectivity index (χ1n) is 5.96. The van der Waals surface area contributed by atoms with Gasteiger partial charge in [-0.15, -0.1) is 0 Å². The molecule has 1 aliphatic heterocycles. The summed E-state index contributed by atoms with van der Waals surface area (Å²) < 4.78 is 0. The molecular weight excluding hydrogens is 224 g/mol. The largest absolute Gasteiger partial charge is 0.392 e. The van der Waals surface area contributed by atoms with Gasteiger partial charge in [-0.05, 0) is 16.7 Å². The summed E-state index contributed by atoms with van der Waals surface area (Å²) in [6.07, 6.45) is 1.84. The van der Waals surface area contributed by atoms with Crippen molar-refractivity contribution >= 4 is 6.21 Å². The molecule has 0 radical (unpaired) electrons. The minimum atomic E-state index is 0.0765. The molecule has 0 amide bonds. The van der Waals surface area contributed by atoms with Crippen molar-refractivity contribution in [2.24, 2.45) is 5.10 Å². The van der Waals surface area contributed by atoms with Crippen molar-refractivity contribution in [2.75, 3.05) is 0 Å². The SMILES string of the molecule is OCc1ccc(C2NN=Cc3ccccc32)cc1. The Morgan fingerprint density at radius 1 is 1.06 bits per heavy atom. The zero-order valence-corrected chi connectivity index (χ0v) is 9.88. The van der Waals surface area contributed by atoms with Crippen LogP contribution >= 0.6 is 0 Å². The summed E-state index contributed by atoms with van der Waals surface area (Å²) in [5.74, 6) is 0. The number of benzene rings is 2. The first kappa shape index (κ1) is 11.0. The van der Waals surface area contributed by atoms with E-state index in [1.54, 1.807) is 0 Å². The van der Waals surface area contributed by atoms with Gasteiger partial charge in [0, 0.05) is 5.56 Å². The maximum Gasteiger partial charge on any atom is 0.0946 e. The molecule has 0 spiro atoms. The van der Waals surface area contributed by atoms with Crippen LogP contribution in [0.5, 0.6) is 0 Å². The van der Waals surface area contributed by atoms with E-state index in [4.69, 9.17) is 5.11 Å². The van der Waals surface area contributed by atoms with Crippen LogP contribution in [0.4, 0.5) is 0 Å². The van der Waals surface area contributed by atoms with Gasteiger partial charge in [-0.2, -0.15) is 5.10 Å². The first-order valence-corrected chi connectivity index (χ1v) is 5.96. The van der Waals surface area contributed by atoms with Crippen LogP contribution in [0.3, 0.4) is 0 Å². The van der Waals surface area contributed by atoms with Crippen molar-refractivity contribution < 1.29 is 5.11 Å². The number of hydrogen-bond donors (Lipinski definition) is 2. The summed E-state index contributed by atoms with van der Waals surface area (Å²) in [6.45, 7) is 0.0765. The summed E-state index contributed by atoms with van der Waals surface area (Å²) in [4.78, 5) is 0. The lowest BCUT2D eigenvalue weighted by molar-refractivity contribution is 0.282. The molecule has 0 fully saturated rings. The van der Waals surface area contributed by atoms with Gasteiger partial charge in [0.05, 0.1) is 18.9 Å². The number of rotatable bonds is 2. The Labute approximate surface area is 106 Å². The average molecular weight is 238 g/mol. The number of aliphatic hydroxyl groups is 1. The number of nitrogens with zero attached hydrogens (tertiary/aromatic N) is 1. The fourth-order valence-electron chi connectivity index (χ4n) is 2.21. The molecule has 0 bridgehead atoms. The Bertz CT molecular complexity index is 575. The zero-order valence-electron chi connectivity index (χ0n) is 9.88. The zero-order chi connectivity index (χ0) is 12.4. The topological polar surface area (TPSA) is 44.6 Å². The van der Waals surface area contributed by atoms with Crippen molar-refractivity contribution in [2.45, 2.75) is 12.6 Å². The van der Waals surface area contributed by atoms with Crippen LogP contribution in [0.25, 0.3) is 0 Å². The van der Waals surface area contributed by atoms with E-state index < -0.39 is 0 Å².